The van der Waals surface area contributed by atoms with Crippen LogP contribution in [0.4, 0.5) is 4.39 Å². The van der Waals surface area contributed by atoms with Crippen LogP contribution in [-0.2, 0) is 6.61 Å². The van der Waals surface area contributed by atoms with Gasteiger partial charge < -0.3 is 14.6 Å². The van der Waals surface area contributed by atoms with E-state index in [2.05, 4.69) is 4.98 Å². The van der Waals surface area contributed by atoms with E-state index in [1.165, 1.54) is 0 Å². The summed E-state index contributed by atoms with van der Waals surface area (Å²) < 4.78 is 23.3. The number of carboxylic acids is 1. The van der Waals surface area contributed by atoms with Crippen LogP contribution in [0.5, 0.6) is 11.6 Å². The predicted octanol–water partition coefficient (Wildman–Crippen LogP) is 2.51. The molecule has 2 aromatic rings. The smallest absolute Gasteiger partial charge is 0.341 e. The van der Waals surface area contributed by atoms with Gasteiger partial charge in [-0.3, -0.25) is 0 Å². The van der Waals surface area contributed by atoms with Crippen molar-refractivity contribution >= 4 is 5.97 Å². The van der Waals surface area contributed by atoms with Gasteiger partial charge in [-0.15, -0.1) is 0 Å². The van der Waals surface area contributed by atoms with E-state index in [-0.39, 0.29) is 18.1 Å². The standard InChI is InChI=1S/C14H12FNO4/c1-19-11-4-2-9(3-5-11)8-20-13-12(14(17)18)6-10(15)7-16-13/h2-7H,8H2,1H3,(H,17,18). The summed E-state index contributed by atoms with van der Waals surface area (Å²) in [6.45, 7) is 0.128. The second-order valence-electron chi connectivity index (χ2n) is 3.95. The highest BCUT2D eigenvalue weighted by atomic mass is 19.1. The van der Waals surface area contributed by atoms with Gasteiger partial charge in [0.25, 0.3) is 0 Å². The number of benzene rings is 1. The molecule has 0 bridgehead atoms. The molecule has 0 aliphatic rings. The van der Waals surface area contributed by atoms with Crippen LogP contribution in [-0.4, -0.2) is 23.2 Å². The first-order valence-electron chi connectivity index (χ1n) is 5.74. The number of methoxy groups -OCH3 is 1. The van der Waals surface area contributed by atoms with Crippen molar-refractivity contribution in [3.05, 3.63) is 53.5 Å². The summed E-state index contributed by atoms with van der Waals surface area (Å²) in [5, 5.41) is 8.95. The third-order valence-electron chi connectivity index (χ3n) is 2.58. The molecule has 0 fully saturated rings. The van der Waals surface area contributed by atoms with E-state index in [0.717, 1.165) is 17.8 Å². The molecule has 20 heavy (non-hydrogen) atoms. The fourth-order valence-electron chi connectivity index (χ4n) is 1.57. The van der Waals surface area contributed by atoms with Crippen molar-refractivity contribution in [2.24, 2.45) is 0 Å². The Bertz CT molecular complexity index is 613. The molecule has 2 rings (SSSR count). The van der Waals surface area contributed by atoms with Crippen molar-refractivity contribution in [2.75, 3.05) is 7.11 Å². The quantitative estimate of drug-likeness (QED) is 0.909. The first-order valence-corrected chi connectivity index (χ1v) is 5.74. The summed E-state index contributed by atoms with van der Waals surface area (Å²) in [6.07, 6.45) is 0.912. The summed E-state index contributed by atoms with van der Waals surface area (Å²) in [4.78, 5) is 14.6. The molecule has 104 valence electrons. The minimum Gasteiger partial charge on any atom is -0.497 e. The molecule has 0 aliphatic heterocycles. The Kier molecular flexibility index (Phi) is 4.14. The zero-order chi connectivity index (χ0) is 14.5. The van der Waals surface area contributed by atoms with E-state index < -0.39 is 11.8 Å². The summed E-state index contributed by atoms with van der Waals surface area (Å²) in [5.41, 5.74) is 0.506. The minimum absolute atomic E-state index is 0.116. The maximum Gasteiger partial charge on any atom is 0.341 e. The highest BCUT2D eigenvalue weighted by Crippen LogP contribution is 2.18. The number of rotatable bonds is 5. The Hall–Kier alpha value is -2.63. The van der Waals surface area contributed by atoms with Crippen LogP contribution >= 0.6 is 0 Å². The number of carboxylic acid groups (broad SMARTS) is 1. The van der Waals surface area contributed by atoms with Gasteiger partial charge in [0, 0.05) is 0 Å². The van der Waals surface area contributed by atoms with Gasteiger partial charge in [0.05, 0.1) is 13.3 Å². The lowest BCUT2D eigenvalue weighted by Gasteiger charge is -2.08. The van der Waals surface area contributed by atoms with E-state index in [4.69, 9.17) is 14.6 Å². The number of nitrogens with zero attached hydrogens (tertiary/aromatic N) is 1. The van der Waals surface area contributed by atoms with Crippen molar-refractivity contribution < 1.29 is 23.8 Å². The van der Waals surface area contributed by atoms with Crippen molar-refractivity contribution in [3.8, 4) is 11.6 Å². The molecular formula is C14H12FNO4. The molecule has 0 aliphatic carbocycles. The maximum atomic E-state index is 13.0. The third-order valence-corrected chi connectivity index (χ3v) is 2.58. The lowest BCUT2D eigenvalue weighted by atomic mass is 10.2. The zero-order valence-corrected chi connectivity index (χ0v) is 10.7. The molecule has 1 heterocycles. The molecule has 5 nitrogen and oxygen atoms in total. The van der Waals surface area contributed by atoms with Gasteiger partial charge in [-0.25, -0.2) is 14.2 Å². The Labute approximate surface area is 114 Å². The van der Waals surface area contributed by atoms with Gasteiger partial charge in [0.1, 0.15) is 23.7 Å². The monoisotopic (exact) mass is 277 g/mol. The van der Waals surface area contributed by atoms with Crippen LogP contribution in [0, 0.1) is 5.82 Å². The minimum atomic E-state index is -1.29. The number of pyridine rings is 1. The highest BCUT2D eigenvalue weighted by Gasteiger charge is 2.14. The van der Waals surface area contributed by atoms with Gasteiger partial charge in [-0.05, 0) is 23.8 Å². The van der Waals surface area contributed by atoms with E-state index in [1.807, 2.05) is 0 Å². The molecule has 1 N–H and O–H groups in total. The van der Waals surface area contributed by atoms with E-state index in [1.54, 1.807) is 31.4 Å². The summed E-state index contributed by atoms with van der Waals surface area (Å²) in [5.74, 6) is -1.42. The Balaban J connectivity index is 2.12. The van der Waals surface area contributed by atoms with Gasteiger partial charge in [0.2, 0.25) is 5.88 Å². The Morgan fingerprint density at radius 1 is 1.35 bits per heavy atom. The molecule has 0 atom stereocenters. The van der Waals surface area contributed by atoms with Crippen LogP contribution in [0.2, 0.25) is 0 Å². The van der Waals surface area contributed by atoms with Gasteiger partial charge in [-0.1, -0.05) is 12.1 Å². The van der Waals surface area contributed by atoms with Crippen molar-refractivity contribution in [1.82, 2.24) is 4.98 Å². The number of halogens is 1. The summed E-state index contributed by atoms with van der Waals surface area (Å²) >= 11 is 0. The molecule has 0 unspecified atom stereocenters. The van der Waals surface area contributed by atoms with Crippen molar-refractivity contribution in [3.63, 3.8) is 0 Å². The average molecular weight is 277 g/mol. The summed E-state index contributed by atoms with van der Waals surface area (Å²) in [7, 11) is 1.56. The number of hydrogen-bond acceptors (Lipinski definition) is 4. The zero-order valence-electron chi connectivity index (χ0n) is 10.7. The van der Waals surface area contributed by atoms with Crippen molar-refractivity contribution in [1.29, 1.82) is 0 Å². The van der Waals surface area contributed by atoms with Gasteiger partial charge >= 0.3 is 5.97 Å². The van der Waals surface area contributed by atoms with E-state index >= 15 is 0 Å². The van der Waals surface area contributed by atoms with Crippen LogP contribution in [0.15, 0.2) is 36.5 Å². The highest BCUT2D eigenvalue weighted by molar-refractivity contribution is 5.90. The molecule has 0 saturated carbocycles. The predicted molar refractivity (Wildman–Crippen MR) is 68.5 cm³/mol. The third kappa shape index (κ3) is 3.23. The summed E-state index contributed by atoms with van der Waals surface area (Å²) in [6, 6.07) is 7.95. The molecule has 0 amide bonds. The number of aromatic carboxylic acids is 1. The number of aromatic nitrogens is 1. The largest absolute Gasteiger partial charge is 0.497 e. The van der Waals surface area contributed by atoms with E-state index in [9.17, 15) is 9.18 Å². The average Bonchev–Trinajstić information content (AvgIpc) is 2.46. The number of hydrogen-bond donors (Lipinski definition) is 1. The lowest BCUT2D eigenvalue weighted by Crippen LogP contribution is -2.06. The van der Waals surface area contributed by atoms with Gasteiger partial charge in [-0.2, -0.15) is 0 Å². The fraction of sp³-hybridized carbons (Fsp3) is 0.143. The molecule has 1 aromatic heterocycles. The molecule has 0 spiro atoms. The van der Waals surface area contributed by atoms with Crippen LogP contribution in [0.1, 0.15) is 15.9 Å². The van der Waals surface area contributed by atoms with Crippen LogP contribution in [0.25, 0.3) is 0 Å². The van der Waals surface area contributed by atoms with Crippen molar-refractivity contribution in [2.45, 2.75) is 6.61 Å². The lowest BCUT2D eigenvalue weighted by molar-refractivity contribution is 0.0690. The maximum absolute atomic E-state index is 13.0. The molecule has 0 saturated heterocycles. The first kappa shape index (κ1) is 13.8. The molecular weight excluding hydrogens is 265 g/mol. The fourth-order valence-corrected chi connectivity index (χ4v) is 1.57. The SMILES string of the molecule is COc1ccc(COc2ncc(F)cc2C(=O)O)cc1. The first-order chi connectivity index (χ1) is 9.60. The number of carbonyl (C=O) groups is 1. The molecule has 1 aromatic carbocycles. The normalized spacial score (nSPS) is 10.1. The van der Waals surface area contributed by atoms with Crippen LogP contribution in [0.3, 0.4) is 0 Å². The van der Waals surface area contributed by atoms with Gasteiger partial charge in [0.15, 0.2) is 0 Å². The Morgan fingerprint density at radius 3 is 2.65 bits per heavy atom. The second-order valence-corrected chi connectivity index (χ2v) is 3.95. The Morgan fingerprint density at radius 2 is 2.05 bits per heavy atom. The second kappa shape index (κ2) is 6.01. The van der Waals surface area contributed by atoms with Crippen LogP contribution < -0.4 is 9.47 Å². The topological polar surface area (TPSA) is 68.7 Å². The number of ether oxygens (including phenoxy) is 2. The van der Waals surface area contributed by atoms with E-state index in [0.29, 0.717) is 5.75 Å². The molecule has 6 heteroatoms. The molecule has 0 radical (unpaired) electrons.